The molecular weight excluding hydrogens is 638 g/mol. The molecule has 7 heteroatoms. The molecule has 11 atom stereocenters. The highest BCUT2D eigenvalue weighted by molar-refractivity contribution is 5.84. The third-order valence-electron chi connectivity index (χ3n) is 16.6. The first-order valence-electron chi connectivity index (χ1n) is 20.2. The summed E-state index contributed by atoms with van der Waals surface area (Å²) in [7, 11) is 0. The molecule has 0 aromatic carbocycles. The number of allylic oxidation sites excluding steroid dienone is 2. The predicted octanol–water partition coefficient (Wildman–Crippen LogP) is 10.0. The van der Waals surface area contributed by atoms with Gasteiger partial charge in [-0.1, -0.05) is 67.2 Å². The monoisotopic (exact) mass is 710 g/mol. The summed E-state index contributed by atoms with van der Waals surface area (Å²) in [4.78, 5) is 37.7. The van der Waals surface area contributed by atoms with E-state index in [1.807, 2.05) is 13.8 Å². The molecule has 0 aromatic rings. The molecule has 7 nitrogen and oxygen atoms in total. The van der Waals surface area contributed by atoms with Gasteiger partial charge in [-0.3, -0.25) is 9.59 Å². The summed E-state index contributed by atoms with van der Waals surface area (Å²) in [6, 6.07) is -0.843. The molecule has 0 radical (unpaired) electrons. The molecule has 51 heavy (non-hydrogen) atoms. The average Bonchev–Trinajstić information content (AvgIpc) is 3.37. The van der Waals surface area contributed by atoms with Crippen LogP contribution in [0.5, 0.6) is 0 Å². The Morgan fingerprint density at radius 1 is 0.863 bits per heavy atom. The second-order valence-corrected chi connectivity index (χ2v) is 20.7. The maximum absolute atomic E-state index is 13.8. The third kappa shape index (κ3) is 6.61. The van der Waals surface area contributed by atoms with Crippen LogP contribution >= 0.6 is 0 Å². The molecular formula is C44H71NO6. The van der Waals surface area contributed by atoms with Gasteiger partial charge in [-0.2, -0.15) is 0 Å². The third-order valence-corrected chi connectivity index (χ3v) is 16.6. The van der Waals surface area contributed by atoms with Crippen LogP contribution in [0.15, 0.2) is 24.5 Å². The standard InChI is InChI=1S/C44H71NO6/c1-26(2)23-31(37(47)48)45-35(46)25-44-20-15-29(27(3)4)36(44)30-13-14-33-41(10)18-17-34(51-28(5)24-39(6,7)38(49)50)40(8,9)32(41)16-19-43(33,12)42(30,11)21-22-44/h26,29-34,36H,3,5,13-25H2,1-2,4,6-12H3,(H,45,46)(H,47,48)(H,49,50)/t29-,30?,31?,32-,33+,34-,36+,41-,42+,43+,44+/m0/s1. The number of fused-ring (bicyclic) bond motifs is 7. The molecule has 0 spiro atoms. The zero-order chi connectivity index (χ0) is 38.1. The highest BCUT2D eigenvalue weighted by Crippen LogP contribution is 2.78. The van der Waals surface area contributed by atoms with Crippen LogP contribution in [0, 0.1) is 68.0 Å². The molecule has 0 bridgehead atoms. The lowest BCUT2D eigenvalue weighted by Crippen LogP contribution is -2.66. The first kappa shape index (κ1) is 39.9. The van der Waals surface area contributed by atoms with Gasteiger partial charge in [0.1, 0.15) is 12.1 Å². The number of carbonyl (C=O) groups excluding carboxylic acids is 1. The van der Waals surface area contributed by atoms with Crippen molar-refractivity contribution in [2.45, 2.75) is 165 Å². The van der Waals surface area contributed by atoms with Gasteiger partial charge in [0.15, 0.2) is 0 Å². The van der Waals surface area contributed by atoms with Gasteiger partial charge in [-0.15, -0.1) is 0 Å². The van der Waals surface area contributed by atoms with E-state index in [2.05, 4.69) is 60.0 Å². The van der Waals surface area contributed by atoms with Gasteiger partial charge in [-0.05, 0) is 149 Å². The molecule has 5 aliphatic carbocycles. The summed E-state index contributed by atoms with van der Waals surface area (Å²) in [5.74, 6) is 1.27. The largest absolute Gasteiger partial charge is 0.495 e. The van der Waals surface area contributed by atoms with Gasteiger partial charge in [0.05, 0.1) is 11.2 Å². The van der Waals surface area contributed by atoms with Crippen LogP contribution in [0.4, 0.5) is 0 Å². The number of carbonyl (C=O) groups is 3. The maximum Gasteiger partial charge on any atom is 0.326 e. The number of rotatable bonds is 12. The summed E-state index contributed by atoms with van der Waals surface area (Å²) in [6.07, 6.45) is 12.1. The summed E-state index contributed by atoms with van der Waals surface area (Å²) < 4.78 is 6.60. The Bertz CT molecular complexity index is 1410. The second-order valence-electron chi connectivity index (χ2n) is 20.7. The fourth-order valence-electron chi connectivity index (χ4n) is 13.8. The predicted molar refractivity (Wildman–Crippen MR) is 203 cm³/mol. The number of nitrogens with one attached hydrogen (secondary N) is 1. The summed E-state index contributed by atoms with van der Waals surface area (Å²) in [6.45, 7) is 31.0. The highest BCUT2D eigenvalue weighted by Gasteiger charge is 2.71. The Morgan fingerprint density at radius 2 is 1.53 bits per heavy atom. The van der Waals surface area contributed by atoms with Crippen molar-refractivity contribution < 1.29 is 29.3 Å². The zero-order valence-electron chi connectivity index (χ0n) is 33.8. The van der Waals surface area contributed by atoms with Crippen molar-refractivity contribution in [3.63, 3.8) is 0 Å². The average molecular weight is 710 g/mol. The molecule has 5 rings (SSSR count). The quantitative estimate of drug-likeness (QED) is 0.137. The van der Waals surface area contributed by atoms with E-state index in [-0.39, 0.29) is 45.0 Å². The van der Waals surface area contributed by atoms with Crippen LogP contribution in [0.25, 0.3) is 0 Å². The lowest BCUT2D eigenvalue weighted by atomic mass is 9.32. The fraction of sp³-hybridized carbons (Fsp3) is 0.841. The molecule has 5 fully saturated rings. The van der Waals surface area contributed by atoms with Gasteiger partial charge in [0.2, 0.25) is 5.91 Å². The van der Waals surface area contributed by atoms with E-state index in [1.165, 1.54) is 24.8 Å². The Kier molecular flexibility index (Phi) is 10.6. The van der Waals surface area contributed by atoms with E-state index in [0.29, 0.717) is 54.6 Å². The smallest absolute Gasteiger partial charge is 0.326 e. The van der Waals surface area contributed by atoms with E-state index in [1.54, 1.807) is 13.8 Å². The van der Waals surface area contributed by atoms with Crippen LogP contribution in [0.2, 0.25) is 0 Å². The van der Waals surface area contributed by atoms with Gasteiger partial charge < -0.3 is 20.3 Å². The summed E-state index contributed by atoms with van der Waals surface area (Å²) in [5.41, 5.74) is 0.626. The molecule has 0 heterocycles. The van der Waals surface area contributed by atoms with E-state index in [9.17, 15) is 24.6 Å². The minimum Gasteiger partial charge on any atom is -0.495 e. The van der Waals surface area contributed by atoms with Gasteiger partial charge in [0, 0.05) is 18.3 Å². The molecule has 3 N–H and O–H groups in total. The Labute approximate surface area is 309 Å². The first-order chi connectivity index (χ1) is 23.4. The van der Waals surface area contributed by atoms with Gasteiger partial charge in [0.25, 0.3) is 0 Å². The molecule has 5 aliphatic rings. The lowest BCUT2D eigenvalue weighted by Gasteiger charge is -2.73. The van der Waals surface area contributed by atoms with Crippen molar-refractivity contribution in [1.29, 1.82) is 0 Å². The van der Waals surface area contributed by atoms with Crippen LogP contribution in [0.3, 0.4) is 0 Å². The lowest BCUT2D eigenvalue weighted by molar-refractivity contribution is -0.249. The fourth-order valence-corrected chi connectivity index (χ4v) is 13.8. The summed E-state index contributed by atoms with van der Waals surface area (Å²) >= 11 is 0. The zero-order valence-corrected chi connectivity index (χ0v) is 33.8. The second kappa shape index (κ2) is 13.5. The Hall–Kier alpha value is -2.31. The van der Waals surface area contributed by atoms with E-state index in [4.69, 9.17) is 4.74 Å². The molecule has 1 amide bonds. The molecule has 2 unspecified atom stereocenters. The molecule has 288 valence electrons. The van der Waals surface area contributed by atoms with Gasteiger partial charge >= 0.3 is 11.9 Å². The van der Waals surface area contributed by atoms with Crippen LogP contribution in [0.1, 0.15) is 153 Å². The van der Waals surface area contributed by atoms with E-state index in [0.717, 1.165) is 44.9 Å². The highest BCUT2D eigenvalue weighted by atomic mass is 16.5. The molecule has 0 aliphatic heterocycles. The van der Waals surface area contributed by atoms with Crippen molar-refractivity contribution >= 4 is 17.8 Å². The number of carboxylic acid groups (broad SMARTS) is 2. The number of hydrogen-bond acceptors (Lipinski definition) is 4. The van der Waals surface area contributed by atoms with E-state index < -0.39 is 23.4 Å². The Morgan fingerprint density at radius 3 is 2.12 bits per heavy atom. The molecule has 0 saturated heterocycles. The SMILES string of the molecule is C=C(CC(C)(C)C(=O)O)O[C@H]1CC[C@]2(C)[C@H]3CCC4[C@H]5[C@H](C(=C)C)CC[C@]5(CC(=O)NC(CC(C)C)C(=O)O)CC[C@@]4(C)[C@]3(C)CC[C@H]2C1(C)C. The number of hydrogen-bond donors (Lipinski definition) is 3. The van der Waals surface area contributed by atoms with Crippen LogP contribution < -0.4 is 5.32 Å². The van der Waals surface area contributed by atoms with Crippen LogP contribution in [-0.4, -0.2) is 40.2 Å². The maximum atomic E-state index is 13.8. The van der Waals surface area contributed by atoms with Crippen LogP contribution in [-0.2, 0) is 19.1 Å². The normalized spacial score (nSPS) is 40.5. The van der Waals surface area contributed by atoms with Gasteiger partial charge in [-0.25, -0.2) is 4.79 Å². The number of aliphatic carboxylic acids is 2. The number of carboxylic acids is 2. The van der Waals surface area contributed by atoms with Crippen molar-refractivity contribution in [3.05, 3.63) is 24.5 Å². The first-order valence-corrected chi connectivity index (χ1v) is 20.2. The van der Waals surface area contributed by atoms with Crippen molar-refractivity contribution in [2.75, 3.05) is 0 Å². The van der Waals surface area contributed by atoms with Crippen molar-refractivity contribution in [2.24, 2.45) is 68.0 Å². The minimum absolute atomic E-state index is 0.0153. The number of amides is 1. The Balaban J connectivity index is 1.39. The summed E-state index contributed by atoms with van der Waals surface area (Å²) in [5, 5.41) is 22.6. The molecule has 5 saturated carbocycles. The van der Waals surface area contributed by atoms with Crippen molar-refractivity contribution in [3.8, 4) is 0 Å². The topological polar surface area (TPSA) is 113 Å². The number of ether oxygens (including phenoxy) is 1. The minimum atomic E-state index is -0.945. The van der Waals surface area contributed by atoms with E-state index >= 15 is 0 Å². The molecule has 0 aromatic heterocycles. The van der Waals surface area contributed by atoms with Crippen molar-refractivity contribution in [1.82, 2.24) is 5.32 Å².